The van der Waals surface area contributed by atoms with Crippen molar-refractivity contribution in [1.82, 2.24) is 10.2 Å². The van der Waals surface area contributed by atoms with Gasteiger partial charge < -0.3 is 5.32 Å². The number of benzene rings is 1. The first kappa shape index (κ1) is 12.8. The highest BCUT2D eigenvalue weighted by molar-refractivity contribution is 9.10. The molecule has 1 aromatic carbocycles. The molecule has 4 nitrogen and oxygen atoms in total. The van der Waals surface area contributed by atoms with Gasteiger partial charge in [0, 0.05) is 10.0 Å². The van der Waals surface area contributed by atoms with E-state index in [9.17, 15) is 4.79 Å². The number of aromatic amines is 1. The maximum Gasteiger partial charge on any atom is 0.255 e. The van der Waals surface area contributed by atoms with E-state index in [2.05, 4.69) is 31.4 Å². The van der Waals surface area contributed by atoms with Gasteiger partial charge in [0.1, 0.15) is 0 Å². The molecule has 0 saturated carbocycles. The van der Waals surface area contributed by atoms with Crippen molar-refractivity contribution in [2.24, 2.45) is 0 Å². The van der Waals surface area contributed by atoms with Crippen LogP contribution in [0.1, 0.15) is 27.3 Å². The molecule has 2 N–H and O–H groups in total. The average molecular weight is 308 g/mol. The van der Waals surface area contributed by atoms with Gasteiger partial charge in [0.2, 0.25) is 0 Å². The number of rotatable bonds is 2. The van der Waals surface area contributed by atoms with Crippen LogP contribution in [0.2, 0.25) is 0 Å². The molecular weight excluding hydrogens is 294 g/mol. The van der Waals surface area contributed by atoms with Crippen molar-refractivity contribution in [3.8, 4) is 0 Å². The van der Waals surface area contributed by atoms with Gasteiger partial charge in [-0.15, -0.1) is 0 Å². The van der Waals surface area contributed by atoms with Crippen molar-refractivity contribution in [2.75, 3.05) is 5.32 Å². The molecule has 0 aliphatic carbocycles. The zero-order valence-electron chi connectivity index (χ0n) is 10.5. The Hall–Kier alpha value is -1.62. The zero-order chi connectivity index (χ0) is 13.3. The van der Waals surface area contributed by atoms with Crippen LogP contribution in [-0.4, -0.2) is 16.1 Å². The summed E-state index contributed by atoms with van der Waals surface area (Å²) in [5.74, 6) is -0.127. The van der Waals surface area contributed by atoms with E-state index in [1.807, 2.05) is 32.9 Å². The van der Waals surface area contributed by atoms with E-state index in [-0.39, 0.29) is 5.91 Å². The summed E-state index contributed by atoms with van der Waals surface area (Å²) in [5, 5.41) is 9.76. The van der Waals surface area contributed by atoms with Crippen LogP contribution in [0.25, 0.3) is 0 Å². The molecule has 0 bridgehead atoms. The number of hydrogen-bond acceptors (Lipinski definition) is 2. The SMILES string of the molecule is Cc1cc(C(=O)Nc2c(C)n[nH]c2C)ccc1Br. The highest BCUT2D eigenvalue weighted by atomic mass is 79.9. The van der Waals surface area contributed by atoms with E-state index in [1.165, 1.54) is 0 Å². The Labute approximate surface area is 114 Å². The molecule has 94 valence electrons. The summed E-state index contributed by atoms with van der Waals surface area (Å²) in [6.07, 6.45) is 0. The van der Waals surface area contributed by atoms with E-state index in [1.54, 1.807) is 6.07 Å². The first-order valence-corrected chi connectivity index (χ1v) is 6.37. The summed E-state index contributed by atoms with van der Waals surface area (Å²) < 4.78 is 0.995. The number of hydrogen-bond donors (Lipinski definition) is 2. The Morgan fingerprint density at radius 1 is 1.33 bits per heavy atom. The fourth-order valence-corrected chi connectivity index (χ4v) is 1.95. The van der Waals surface area contributed by atoms with Crippen LogP contribution >= 0.6 is 15.9 Å². The number of amides is 1. The number of H-pyrrole nitrogens is 1. The van der Waals surface area contributed by atoms with E-state index in [0.29, 0.717) is 5.56 Å². The molecule has 0 saturated heterocycles. The first-order valence-electron chi connectivity index (χ1n) is 5.58. The number of anilines is 1. The lowest BCUT2D eigenvalue weighted by molar-refractivity contribution is 0.102. The number of nitrogens with one attached hydrogen (secondary N) is 2. The molecule has 0 unspecified atom stereocenters. The molecule has 1 aromatic heterocycles. The number of aryl methyl sites for hydroxylation is 3. The van der Waals surface area contributed by atoms with Gasteiger partial charge in [-0.05, 0) is 44.5 Å². The average Bonchev–Trinajstić information content (AvgIpc) is 2.64. The summed E-state index contributed by atoms with van der Waals surface area (Å²) in [5.41, 5.74) is 4.06. The van der Waals surface area contributed by atoms with Gasteiger partial charge in [0.05, 0.1) is 17.1 Å². The van der Waals surface area contributed by atoms with Gasteiger partial charge in [-0.1, -0.05) is 15.9 Å². The number of carbonyl (C=O) groups is 1. The van der Waals surface area contributed by atoms with Gasteiger partial charge >= 0.3 is 0 Å². The lowest BCUT2D eigenvalue weighted by atomic mass is 10.1. The third-order valence-corrected chi connectivity index (χ3v) is 3.68. The maximum absolute atomic E-state index is 12.1. The summed E-state index contributed by atoms with van der Waals surface area (Å²) >= 11 is 3.42. The second kappa shape index (κ2) is 4.94. The standard InChI is InChI=1S/C13H14BrN3O/c1-7-6-10(4-5-11(7)14)13(18)15-12-8(2)16-17-9(12)3/h4-6H,1-3H3,(H,15,18)(H,16,17). The maximum atomic E-state index is 12.1. The van der Waals surface area contributed by atoms with E-state index in [4.69, 9.17) is 0 Å². The van der Waals surface area contributed by atoms with Gasteiger partial charge in [0.15, 0.2) is 0 Å². The van der Waals surface area contributed by atoms with Gasteiger partial charge in [-0.25, -0.2) is 0 Å². The molecule has 1 amide bonds. The Morgan fingerprint density at radius 2 is 2.06 bits per heavy atom. The zero-order valence-corrected chi connectivity index (χ0v) is 12.1. The van der Waals surface area contributed by atoms with Crippen molar-refractivity contribution >= 4 is 27.5 Å². The molecule has 2 aromatic rings. The van der Waals surface area contributed by atoms with Crippen molar-refractivity contribution in [3.05, 3.63) is 45.2 Å². The Balaban J connectivity index is 2.25. The molecule has 0 aliphatic rings. The number of halogens is 1. The minimum Gasteiger partial charge on any atom is -0.319 e. The largest absolute Gasteiger partial charge is 0.319 e. The van der Waals surface area contributed by atoms with Crippen LogP contribution < -0.4 is 5.32 Å². The van der Waals surface area contributed by atoms with Crippen molar-refractivity contribution < 1.29 is 4.79 Å². The lowest BCUT2D eigenvalue weighted by Crippen LogP contribution is -2.13. The summed E-state index contributed by atoms with van der Waals surface area (Å²) in [7, 11) is 0. The quantitative estimate of drug-likeness (QED) is 0.894. The molecule has 18 heavy (non-hydrogen) atoms. The minimum absolute atomic E-state index is 0.127. The lowest BCUT2D eigenvalue weighted by Gasteiger charge is -2.06. The monoisotopic (exact) mass is 307 g/mol. The van der Waals surface area contributed by atoms with Crippen LogP contribution in [0.5, 0.6) is 0 Å². The third kappa shape index (κ3) is 2.46. The minimum atomic E-state index is -0.127. The van der Waals surface area contributed by atoms with E-state index < -0.39 is 0 Å². The predicted molar refractivity (Wildman–Crippen MR) is 74.9 cm³/mol. The Bertz CT molecular complexity index is 585. The number of carbonyl (C=O) groups excluding carboxylic acids is 1. The fourth-order valence-electron chi connectivity index (χ4n) is 1.71. The van der Waals surface area contributed by atoms with E-state index in [0.717, 1.165) is 27.1 Å². The van der Waals surface area contributed by atoms with Crippen LogP contribution in [0.3, 0.4) is 0 Å². The molecule has 1 heterocycles. The molecule has 0 atom stereocenters. The van der Waals surface area contributed by atoms with Crippen LogP contribution in [0.15, 0.2) is 22.7 Å². The van der Waals surface area contributed by atoms with Gasteiger partial charge in [-0.3, -0.25) is 9.89 Å². The van der Waals surface area contributed by atoms with Gasteiger partial charge in [0.25, 0.3) is 5.91 Å². The molecule has 0 fully saturated rings. The van der Waals surface area contributed by atoms with Crippen molar-refractivity contribution in [2.45, 2.75) is 20.8 Å². The molecular formula is C13H14BrN3O. The van der Waals surface area contributed by atoms with Crippen molar-refractivity contribution in [3.63, 3.8) is 0 Å². The summed E-state index contributed by atoms with van der Waals surface area (Å²) in [4.78, 5) is 12.1. The smallest absolute Gasteiger partial charge is 0.255 e. The number of nitrogens with zero attached hydrogens (tertiary/aromatic N) is 1. The summed E-state index contributed by atoms with van der Waals surface area (Å²) in [6, 6.07) is 5.51. The Kier molecular flexibility index (Phi) is 3.52. The topological polar surface area (TPSA) is 57.8 Å². The fraction of sp³-hybridized carbons (Fsp3) is 0.231. The molecule has 0 radical (unpaired) electrons. The number of aromatic nitrogens is 2. The van der Waals surface area contributed by atoms with Crippen molar-refractivity contribution in [1.29, 1.82) is 0 Å². The van der Waals surface area contributed by atoms with Crippen LogP contribution in [0, 0.1) is 20.8 Å². The van der Waals surface area contributed by atoms with Gasteiger partial charge in [-0.2, -0.15) is 5.10 Å². The highest BCUT2D eigenvalue weighted by Gasteiger charge is 2.12. The van der Waals surface area contributed by atoms with E-state index >= 15 is 0 Å². The Morgan fingerprint density at radius 3 is 2.61 bits per heavy atom. The third-order valence-electron chi connectivity index (χ3n) is 2.79. The normalized spacial score (nSPS) is 10.4. The molecule has 2 rings (SSSR count). The second-order valence-electron chi connectivity index (χ2n) is 4.23. The first-order chi connectivity index (χ1) is 8.49. The van der Waals surface area contributed by atoms with Crippen LogP contribution in [-0.2, 0) is 0 Å². The predicted octanol–water partition coefficient (Wildman–Crippen LogP) is 3.35. The molecule has 0 spiro atoms. The molecule has 0 aliphatic heterocycles. The van der Waals surface area contributed by atoms with Crippen LogP contribution in [0.4, 0.5) is 5.69 Å². The molecule has 5 heteroatoms. The summed E-state index contributed by atoms with van der Waals surface area (Å²) in [6.45, 7) is 5.68. The second-order valence-corrected chi connectivity index (χ2v) is 5.08. The highest BCUT2D eigenvalue weighted by Crippen LogP contribution is 2.20.